The maximum atomic E-state index is 13.2. The number of rotatable bonds is 6. The van der Waals surface area contributed by atoms with Crippen LogP contribution in [0.5, 0.6) is 17.2 Å². The van der Waals surface area contributed by atoms with Crippen LogP contribution < -0.4 is 19.6 Å². The smallest absolute Gasteiger partial charge is 0.262 e. The molecule has 8 nitrogen and oxygen atoms in total. The Morgan fingerprint density at radius 1 is 0.806 bits per heavy atom. The molecule has 0 spiro atoms. The van der Waals surface area contributed by atoms with Gasteiger partial charge in [0.15, 0.2) is 11.5 Å². The third-order valence-electron chi connectivity index (χ3n) is 5.82. The molecule has 0 unspecified atom stereocenters. The molecular formula is C27H21NO7S. The highest BCUT2D eigenvalue weighted by molar-refractivity contribution is 7.92. The van der Waals surface area contributed by atoms with Crippen LogP contribution in [0, 0.1) is 0 Å². The SMILES string of the molecule is COc1c(NS(=O)(=O)c2ccc(-c3ccccc3)cc2)cc2oc3cccc(OC)c3c(=O)c2c1O. The van der Waals surface area contributed by atoms with Crippen molar-refractivity contribution in [3.8, 4) is 28.4 Å². The second-order valence-corrected chi connectivity index (χ2v) is 9.62. The maximum Gasteiger partial charge on any atom is 0.262 e. The number of aromatic hydroxyl groups is 1. The Bertz CT molecular complexity index is 1760. The van der Waals surface area contributed by atoms with Gasteiger partial charge in [0.25, 0.3) is 10.0 Å². The van der Waals surface area contributed by atoms with Gasteiger partial charge in [-0.2, -0.15) is 0 Å². The number of methoxy groups -OCH3 is 2. The third-order valence-corrected chi connectivity index (χ3v) is 7.20. The number of hydrogen-bond acceptors (Lipinski definition) is 7. The Balaban J connectivity index is 1.60. The standard InChI is InChI=1S/C27H21NO7S/c1-33-20-9-6-10-21-23(20)25(29)24-22(35-21)15-19(27(34-2)26(24)30)28-36(31,32)18-13-11-17(12-14-18)16-7-4-3-5-8-16/h3-15,28,30H,1-2H3. The van der Waals surface area contributed by atoms with E-state index in [4.69, 9.17) is 13.9 Å². The Hall–Kier alpha value is -4.50. The number of nitrogens with one attached hydrogen (secondary N) is 1. The molecular weight excluding hydrogens is 482 g/mol. The lowest BCUT2D eigenvalue weighted by Crippen LogP contribution is -2.14. The second-order valence-electron chi connectivity index (χ2n) is 7.94. The van der Waals surface area contributed by atoms with E-state index in [9.17, 15) is 18.3 Å². The van der Waals surface area contributed by atoms with Crippen molar-refractivity contribution in [2.24, 2.45) is 0 Å². The van der Waals surface area contributed by atoms with Crippen LogP contribution in [0.1, 0.15) is 0 Å². The fraction of sp³-hybridized carbons (Fsp3) is 0.0741. The Labute approximate surface area is 206 Å². The number of anilines is 1. The van der Waals surface area contributed by atoms with Crippen molar-refractivity contribution in [1.29, 1.82) is 0 Å². The predicted molar refractivity (Wildman–Crippen MR) is 137 cm³/mol. The number of sulfonamides is 1. The average Bonchev–Trinajstić information content (AvgIpc) is 2.88. The van der Waals surface area contributed by atoms with E-state index in [1.54, 1.807) is 30.3 Å². The van der Waals surface area contributed by atoms with Crippen LogP contribution >= 0.6 is 0 Å². The summed E-state index contributed by atoms with van der Waals surface area (Å²) in [5, 5.41) is 10.9. The summed E-state index contributed by atoms with van der Waals surface area (Å²) < 4.78 is 45.2. The van der Waals surface area contributed by atoms with Crippen molar-refractivity contribution in [2.45, 2.75) is 4.90 Å². The Kier molecular flexibility index (Phi) is 5.77. The molecule has 0 aliphatic heterocycles. The highest BCUT2D eigenvalue weighted by Crippen LogP contribution is 2.42. The first-order valence-electron chi connectivity index (χ1n) is 10.9. The van der Waals surface area contributed by atoms with Crippen LogP contribution in [-0.2, 0) is 10.0 Å². The summed E-state index contributed by atoms with van der Waals surface area (Å²) in [7, 11) is -1.39. The highest BCUT2D eigenvalue weighted by Gasteiger charge is 2.24. The first kappa shape index (κ1) is 23.3. The molecule has 0 bridgehead atoms. The van der Waals surface area contributed by atoms with Crippen molar-refractivity contribution in [2.75, 3.05) is 18.9 Å². The van der Waals surface area contributed by atoms with E-state index in [1.807, 2.05) is 30.3 Å². The van der Waals surface area contributed by atoms with Gasteiger partial charge in [0, 0.05) is 6.07 Å². The van der Waals surface area contributed by atoms with Gasteiger partial charge in [-0.25, -0.2) is 8.42 Å². The topological polar surface area (TPSA) is 115 Å². The van der Waals surface area contributed by atoms with Crippen molar-refractivity contribution in [3.05, 3.63) is 89.1 Å². The summed E-state index contributed by atoms with van der Waals surface area (Å²) in [6.07, 6.45) is 0. The van der Waals surface area contributed by atoms with E-state index in [2.05, 4.69) is 4.72 Å². The molecule has 0 fully saturated rings. The summed E-state index contributed by atoms with van der Waals surface area (Å²) in [4.78, 5) is 13.2. The van der Waals surface area contributed by atoms with E-state index in [1.165, 1.54) is 32.4 Å². The number of phenols is 1. The van der Waals surface area contributed by atoms with Gasteiger partial charge in [0.2, 0.25) is 5.43 Å². The van der Waals surface area contributed by atoms with Crippen molar-refractivity contribution in [1.82, 2.24) is 0 Å². The van der Waals surface area contributed by atoms with Gasteiger partial charge >= 0.3 is 0 Å². The largest absolute Gasteiger partial charge is 0.504 e. The van der Waals surface area contributed by atoms with Gasteiger partial charge in [-0.15, -0.1) is 0 Å². The van der Waals surface area contributed by atoms with E-state index >= 15 is 0 Å². The van der Waals surface area contributed by atoms with Crippen LogP contribution in [-0.4, -0.2) is 27.7 Å². The average molecular weight is 504 g/mol. The molecule has 5 aromatic rings. The van der Waals surface area contributed by atoms with E-state index in [0.29, 0.717) is 0 Å². The van der Waals surface area contributed by atoms with Gasteiger partial charge < -0.3 is 19.0 Å². The lowest BCUT2D eigenvalue weighted by molar-refractivity contribution is 0.378. The molecule has 1 heterocycles. The first-order chi connectivity index (χ1) is 17.3. The van der Waals surface area contributed by atoms with Gasteiger partial charge in [-0.3, -0.25) is 9.52 Å². The third kappa shape index (κ3) is 3.89. The lowest BCUT2D eigenvalue weighted by Gasteiger charge is -2.15. The van der Waals surface area contributed by atoms with Gasteiger partial charge in [-0.05, 0) is 35.4 Å². The second kappa shape index (κ2) is 8.94. The van der Waals surface area contributed by atoms with Gasteiger partial charge in [0.1, 0.15) is 27.7 Å². The lowest BCUT2D eigenvalue weighted by atomic mass is 10.1. The quantitative estimate of drug-likeness (QED) is 0.309. The molecule has 36 heavy (non-hydrogen) atoms. The molecule has 0 saturated heterocycles. The minimum absolute atomic E-state index is 0.00789. The fourth-order valence-electron chi connectivity index (χ4n) is 4.10. The number of ether oxygens (including phenoxy) is 2. The normalized spacial score (nSPS) is 11.5. The summed E-state index contributed by atoms with van der Waals surface area (Å²) in [5.74, 6) is -0.479. The fourth-order valence-corrected chi connectivity index (χ4v) is 5.16. The molecule has 0 saturated carbocycles. The molecule has 1 aromatic heterocycles. The molecule has 0 aliphatic rings. The van der Waals surface area contributed by atoms with Crippen molar-refractivity contribution in [3.63, 3.8) is 0 Å². The van der Waals surface area contributed by atoms with Crippen LogP contribution in [0.25, 0.3) is 33.1 Å². The van der Waals surface area contributed by atoms with E-state index in [-0.39, 0.29) is 44.0 Å². The summed E-state index contributed by atoms with van der Waals surface area (Å²) >= 11 is 0. The molecule has 0 atom stereocenters. The summed E-state index contributed by atoms with van der Waals surface area (Å²) in [6, 6.07) is 22.1. The zero-order valence-electron chi connectivity index (χ0n) is 19.3. The van der Waals surface area contributed by atoms with Crippen LogP contribution in [0.4, 0.5) is 5.69 Å². The van der Waals surface area contributed by atoms with Gasteiger partial charge in [-0.1, -0.05) is 48.5 Å². The predicted octanol–water partition coefficient (Wildman–Crippen LogP) is 5.14. The Morgan fingerprint density at radius 2 is 1.50 bits per heavy atom. The van der Waals surface area contributed by atoms with E-state index < -0.39 is 21.2 Å². The molecule has 0 radical (unpaired) electrons. The molecule has 182 valence electrons. The van der Waals surface area contributed by atoms with Crippen molar-refractivity contribution >= 4 is 37.6 Å². The van der Waals surface area contributed by atoms with Crippen molar-refractivity contribution < 1.29 is 27.4 Å². The first-order valence-corrected chi connectivity index (χ1v) is 12.3. The number of phenolic OH excluding ortho intramolecular Hbond substituents is 1. The monoisotopic (exact) mass is 503 g/mol. The zero-order valence-corrected chi connectivity index (χ0v) is 20.1. The zero-order chi connectivity index (χ0) is 25.4. The van der Waals surface area contributed by atoms with Crippen LogP contribution in [0.15, 0.2) is 93.0 Å². The maximum absolute atomic E-state index is 13.2. The van der Waals surface area contributed by atoms with Crippen LogP contribution in [0.2, 0.25) is 0 Å². The molecule has 9 heteroatoms. The molecule has 4 aromatic carbocycles. The minimum Gasteiger partial charge on any atom is -0.504 e. The number of benzene rings is 4. The molecule has 5 rings (SSSR count). The van der Waals surface area contributed by atoms with E-state index in [0.717, 1.165) is 11.1 Å². The minimum atomic E-state index is -4.07. The van der Waals surface area contributed by atoms with Crippen LogP contribution in [0.3, 0.4) is 0 Å². The molecule has 2 N–H and O–H groups in total. The molecule has 0 aliphatic carbocycles. The molecule has 0 amide bonds. The number of hydrogen-bond donors (Lipinski definition) is 2. The highest BCUT2D eigenvalue weighted by atomic mass is 32.2. The summed E-state index contributed by atoms with van der Waals surface area (Å²) in [5.41, 5.74) is 1.40. The van der Waals surface area contributed by atoms with Gasteiger partial charge in [0.05, 0.1) is 24.8 Å². The number of fused-ring (bicyclic) bond motifs is 2. The Morgan fingerprint density at radius 3 is 2.17 bits per heavy atom. The summed E-state index contributed by atoms with van der Waals surface area (Å²) in [6.45, 7) is 0.